The molecule has 1 amide bonds. The first-order chi connectivity index (χ1) is 14.3. The van der Waals surface area contributed by atoms with E-state index >= 15 is 0 Å². The van der Waals surface area contributed by atoms with Crippen LogP contribution in [0.3, 0.4) is 0 Å². The number of alkyl halides is 3. The molecular formula is C19H14F3N5OS2. The van der Waals surface area contributed by atoms with Crippen LogP contribution in [0.25, 0.3) is 20.7 Å². The number of amides is 1. The molecule has 1 aliphatic heterocycles. The molecule has 0 saturated heterocycles. The monoisotopic (exact) mass is 449 g/mol. The van der Waals surface area contributed by atoms with Crippen LogP contribution in [0.5, 0.6) is 0 Å². The number of thiophene rings is 2. The standard InChI is InChI=1S/C19H14F3N5OS2/c1-2-27-8-9(7-23-27)16-25-14-13-10(11-4-3-5-29-11)6-12(19(20,21)22)24-18(13)30-15(14)17(28)26-16/h3-8,16,25H,2H2,1H3,(H,26,28). The minimum absolute atomic E-state index is 0.172. The molecule has 4 aromatic heterocycles. The van der Waals surface area contributed by atoms with E-state index in [9.17, 15) is 18.0 Å². The molecule has 5 rings (SSSR count). The van der Waals surface area contributed by atoms with E-state index < -0.39 is 18.0 Å². The van der Waals surface area contributed by atoms with Crippen LogP contribution in [-0.2, 0) is 12.7 Å². The van der Waals surface area contributed by atoms with Crippen LogP contribution >= 0.6 is 22.7 Å². The average Bonchev–Trinajstić information content (AvgIpc) is 3.45. The Morgan fingerprint density at radius 1 is 1.30 bits per heavy atom. The number of nitrogens with zero attached hydrogens (tertiary/aromatic N) is 3. The molecule has 5 heterocycles. The summed E-state index contributed by atoms with van der Waals surface area (Å²) < 4.78 is 42.1. The molecule has 0 aliphatic carbocycles. The quantitative estimate of drug-likeness (QED) is 0.456. The number of hydrogen-bond donors (Lipinski definition) is 2. The molecule has 4 aromatic rings. The van der Waals surface area contributed by atoms with Crippen molar-refractivity contribution in [3.63, 3.8) is 0 Å². The Morgan fingerprint density at radius 2 is 2.13 bits per heavy atom. The zero-order valence-electron chi connectivity index (χ0n) is 15.4. The molecule has 0 bridgehead atoms. The first-order valence-electron chi connectivity index (χ1n) is 9.03. The van der Waals surface area contributed by atoms with Gasteiger partial charge in [-0.3, -0.25) is 9.48 Å². The molecule has 0 saturated carbocycles. The van der Waals surface area contributed by atoms with Crippen LogP contribution < -0.4 is 10.6 Å². The van der Waals surface area contributed by atoms with Crippen LogP contribution in [0.15, 0.2) is 36.0 Å². The highest BCUT2D eigenvalue weighted by Gasteiger charge is 2.36. The Morgan fingerprint density at radius 3 is 2.80 bits per heavy atom. The maximum absolute atomic E-state index is 13.5. The van der Waals surface area contributed by atoms with Crippen LogP contribution in [0.1, 0.15) is 34.0 Å². The second-order valence-corrected chi connectivity index (χ2v) is 8.64. The predicted octanol–water partition coefficient (Wildman–Crippen LogP) is 5.11. The fourth-order valence-corrected chi connectivity index (χ4v) is 5.23. The molecule has 1 atom stereocenters. The van der Waals surface area contributed by atoms with Gasteiger partial charge in [-0.2, -0.15) is 18.3 Å². The highest BCUT2D eigenvalue weighted by Crippen LogP contribution is 2.46. The molecule has 0 fully saturated rings. The van der Waals surface area contributed by atoms with Crippen molar-refractivity contribution in [3.05, 3.63) is 52.1 Å². The van der Waals surface area contributed by atoms with Gasteiger partial charge in [-0.05, 0) is 24.4 Å². The highest BCUT2D eigenvalue weighted by molar-refractivity contribution is 7.21. The molecule has 11 heteroatoms. The van der Waals surface area contributed by atoms with Crippen molar-refractivity contribution in [2.75, 3.05) is 5.32 Å². The first kappa shape index (κ1) is 19.1. The smallest absolute Gasteiger partial charge is 0.360 e. The summed E-state index contributed by atoms with van der Waals surface area (Å²) in [6.07, 6.45) is -1.65. The summed E-state index contributed by atoms with van der Waals surface area (Å²) in [5.74, 6) is -0.355. The van der Waals surface area contributed by atoms with E-state index in [1.165, 1.54) is 11.3 Å². The Bertz CT molecular complexity index is 1260. The van der Waals surface area contributed by atoms with Gasteiger partial charge in [0.1, 0.15) is 21.6 Å². The van der Waals surface area contributed by atoms with E-state index in [0.717, 1.165) is 23.0 Å². The second kappa shape index (κ2) is 6.81. The van der Waals surface area contributed by atoms with Gasteiger partial charge < -0.3 is 10.6 Å². The Balaban J connectivity index is 1.71. The highest BCUT2D eigenvalue weighted by atomic mass is 32.1. The van der Waals surface area contributed by atoms with Gasteiger partial charge in [0, 0.05) is 34.1 Å². The molecule has 2 N–H and O–H groups in total. The van der Waals surface area contributed by atoms with Crippen LogP contribution in [0, 0.1) is 0 Å². The zero-order valence-corrected chi connectivity index (χ0v) is 17.1. The van der Waals surface area contributed by atoms with Crippen molar-refractivity contribution in [2.24, 2.45) is 0 Å². The van der Waals surface area contributed by atoms with Crippen molar-refractivity contribution < 1.29 is 18.0 Å². The van der Waals surface area contributed by atoms with Crippen molar-refractivity contribution in [1.29, 1.82) is 0 Å². The van der Waals surface area contributed by atoms with Crippen LogP contribution in [0.2, 0.25) is 0 Å². The van der Waals surface area contributed by atoms with Crippen LogP contribution in [-0.4, -0.2) is 20.7 Å². The molecule has 30 heavy (non-hydrogen) atoms. The van der Waals surface area contributed by atoms with Gasteiger partial charge in [0.25, 0.3) is 5.91 Å². The third kappa shape index (κ3) is 3.05. The Kier molecular flexibility index (Phi) is 4.33. The molecule has 0 radical (unpaired) electrons. The number of carbonyl (C=O) groups is 1. The number of halogens is 3. The Hall–Kier alpha value is -2.92. The molecule has 0 spiro atoms. The van der Waals surface area contributed by atoms with E-state index in [0.29, 0.717) is 32.9 Å². The third-order valence-corrected chi connectivity index (χ3v) is 6.81. The summed E-state index contributed by atoms with van der Waals surface area (Å²) in [7, 11) is 0. The van der Waals surface area contributed by atoms with Gasteiger partial charge in [0.15, 0.2) is 0 Å². The maximum atomic E-state index is 13.5. The number of aromatic nitrogens is 3. The first-order valence-corrected chi connectivity index (χ1v) is 10.7. The molecule has 6 nitrogen and oxygen atoms in total. The lowest BCUT2D eigenvalue weighted by Gasteiger charge is -2.25. The minimum atomic E-state index is -4.59. The summed E-state index contributed by atoms with van der Waals surface area (Å²) >= 11 is 2.29. The maximum Gasteiger partial charge on any atom is 0.433 e. The van der Waals surface area contributed by atoms with Crippen molar-refractivity contribution in [1.82, 2.24) is 20.1 Å². The van der Waals surface area contributed by atoms with Gasteiger partial charge in [-0.1, -0.05) is 6.07 Å². The number of hydrogen-bond acceptors (Lipinski definition) is 6. The molecule has 154 valence electrons. The fourth-order valence-electron chi connectivity index (χ4n) is 3.41. The number of fused-ring (bicyclic) bond motifs is 3. The number of anilines is 1. The SMILES string of the molecule is CCn1cc(C2NC(=O)c3sc4nc(C(F)(F)F)cc(-c5cccs5)c4c3N2)cn1. The van der Waals surface area contributed by atoms with E-state index in [1.807, 2.05) is 13.1 Å². The number of nitrogens with one attached hydrogen (secondary N) is 2. The fraction of sp³-hybridized carbons (Fsp3) is 0.211. The largest absolute Gasteiger partial charge is 0.433 e. The summed E-state index contributed by atoms with van der Waals surface area (Å²) in [4.78, 5) is 17.8. The Labute approximate surface area is 176 Å². The summed E-state index contributed by atoms with van der Waals surface area (Å²) in [5, 5.41) is 12.7. The zero-order chi connectivity index (χ0) is 21.0. The van der Waals surface area contributed by atoms with Gasteiger partial charge in [-0.25, -0.2) is 4.98 Å². The van der Waals surface area contributed by atoms with Crippen molar-refractivity contribution >= 4 is 44.5 Å². The summed E-state index contributed by atoms with van der Waals surface area (Å²) in [6.45, 7) is 2.63. The van der Waals surface area contributed by atoms with Gasteiger partial charge in [-0.15, -0.1) is 22.7 Å². The molecule has 0 aromatic carbocycles. The van der Waals surface area contributed by atoms with Gasteiger partial charge in [0.2, 0.25) is 0 Å². The summed E-state index contributed by atoms with van der Waals surface area (Å²) in [6, 6.07) is 4.59. The van der Waals surface area contributed by atoms with E-state index in [1.54, 1.807) is 28.4 Å². The average molecular weight is 449 g/mol. The number of pyridine rings is 1. The molecule has 1 unspecified atom stereocenters. The second-order valence-electron chi connectivity index (χ2n) is 6.70. The topological polar surface area (TPSA) is 71.8 Å². The van der Waals surface area contributed by atoms with E-state index in [4.69, 9.17) is 0 Å². The lowest BCUT2D eigenvalue weighted by atomic mass is 10.1. The normalized spacial score (nSPS) is 16.4. The van der Waals surface area contributed by atoms with Gasteiger partial charge in [0.05, 0.1) is 11.9 Å². The van der Waals surface area contributed by atoms with Crippen LogP contribution in [0.4, 0.5) is 18.9 Å². The summed E-state index contributed by atoms with van der Waals surface area (Å²) in [5.41, 5.74) is 0.688. The lowest BCUT2D eigenvalue weighted by Crippen LogP contribution is -2.37. The van der Waals surface area contributed by atoms with Gasteiger partial charge >= 0.3 is 6.18 Å². The third-order valence-electron chi connectivity index (χ3n) is 4.82. The van der Waals surface area contributed by atoms with Crippen molar-refractivity contribution in [3.8, 4) is 10.4 Å². The van der Waals surface area contributed by atoms with E-state index in [2.05, 4.69) is 20.7 Å². The number of rotatable bonds is 3. The van der Waals surface area contributed by atoms with E-state index in [-0.39, 0.29) is 10.7 Å². The lowest BCUT2D eigenvalue weighted by molar-refractivity contribution is -0.140. The van der Waals surface area contributed by atoms with Crippen molar-refractivity contribution in [2.45, 2.75) is 25.8 Å². The number of aryl methyl sites for hydroxylation is 1. The molecular weight excluding hydrogens is 435 g/mol. The number of carbonyl (C=O) groups excluding carboxylic acids is 1. The predicted molar refractivity (Wildman–Crippen MR) is 110 cm³/mol. The minimum Gasteiger partial charge on any atom is -0.360 e. The molecule has 1 aliphatic rings.